The number of aryl methyl sites for hydroxylation is 1. The number of carbonyl (C=O) groups excluding carboxylic acids is 2. The van der Waals surface area contributed by atoms with E-state index in [9.17, 15) is 9.59 Å². The second kappa shape index (κ2) is 9.62. The molecule has 136 valence electrons. The summed E-state index contributed by atoms with van der Waals surface area (Å²) in [6, 6.07) is 5.45. The van der Waals surface area contributed by atoms with Gasteiger partial charge >= 0.3 is 0 Å². The van der Waals surface area contributed by atoms with E-state index in [2.05, 4.69) is 11.4 Å². The van der Waals surface area contributed by atoms with Gasteiger partial charge in [0.25, 0.3) is 0 Å². The van der Waals surface area contributed by atoms with Gasteiger partial charge in [0.05, 0.1) is 0 Å². The monoisotopic (exact) mass is 362 g/mol. The minimum absolute atomic E-state index is 0.0163. The lowest BCUT2D eigenvalue weighted by molar-refractivity contribution is -0.129. The van der Waals surface area contributed by atoms with Crippen molar-refractivity contribution < 1.29 is 9.59 Å². The van der Waals surface area contributed by atoms with Crippen LogP contribution in [0, 0.1) is 6.92 Å². The normalized spacial score (nSPS) is 14.0. The van der Waals surface area contributed by atoms with Crippen LogP contribution in [0.3, 0.4) is 0 Å². The Balaban J connectivity index is 1.80. The van der Waals surface area contributed by atoms with Gasteiger partial charge in [-0.1, -0.05) is 29.3 Å². The molecule has 0 radical (unpaired) electrons. The highest BCUT2D eigenvalue weighted by Gasteiger charge is 2.13. The number of nitrogens with one attached hydrogen (secondary N) is 1. The van der Waals surface area contributed by atoms with Gasteiger partial charge in [-0.05, 0) is 56.7 Å². The first-order valence-corrected chi connectivity index (χ1v) is 9.33. The summed E-state index contributed by atoms with van der Waals surface area (Å²) in [6.45, 7) is 4.60. The van der Waals surface area contributed by atoms with Crippen LogP contribution in [0.15, 0.2) is 29.8 Å². The molecule has 5 heteroatoms. The molecule has 0 saturated heterocycles. The summed E-state index contributed by atoms with van der Waals surface area (Å²) in [5.41, 5.74) is 3.10. The van der Waals surface area contributed by atoms with Crippen molar-refractivity contribution in [1.82, 2.24) is 4.90 Å². The highest BCUT2D eigenvalue weighted by molar-refractivity contribution is 6.31. The third-order valence-electron chi connectivity index (χ3n) is 4.60. The summed E-state index contributed by atoms with van der Waals surface area (Å²) in [7, 11) is 0. The number of hydrogen-bond donors (Lipinski definition) is 1. The Hall–Kier alpha value is -1.81. The molecule has 0 fully saturated rings. The van der Waals surface area contributed by atoms with Gasteiger partial charge in [0.1, 0.15) is 0 Å². The van der Waals surface area contributed by atoms with Gasteiger partial charge < -0.3 is 10.2 Å². The molecule has 0 saturated carbocycles. The lowest BCUT2D eigenvalue weighted by atomic mass is 9.97. The van der Waals surface area contributed by atoms with Crippen molar-refractivity contribution in [3.8, 4) is 0 Å². The first kappa shape index (κ1) is 19.5. The van der Waals surface area contributed by atoms with Crippen LogP contribution < -0.4 is 5.32 Å². The molecule has 0 aliphatic heterocycles. The molecule has 1 aromatic carbocycles. The molecule has 0 aromatic heterocycles. The molecule has 0 spiro atoms. The third kappa shape index (κ3) is 6.54. The van der Waals surface area contributed by atoms with Gasteiger partial charge in [0.2, 0.25) is 11.8 Å². The summed E-state index contributed by atoms with van der Waals surface area (Å²) in [5.74, 6) is -0.0920. The van der Waals surface area contributed by atoms with E-state index >= 15 is 0 Å². The quantitative estimate of drug-likeness (QED) is 0.713. The first-order valence-electron chi connectivity index (χ1n) is 8.95. The van der Waals surface area contributed by atoms with Crippen LogP contribution in [0.4, 0.5) is 5.69 Å². The van der Waals surface area contributed by atoms with E-state index < -0.39 is 0 Å². The molecular weight excluding hydrogens is 336 g/mol. The number of halogens is 1. The molecule has 4 nitrogen and oxygen atoms in total. The molecule has 2 rings (SSSR count). The van der Waals surface area contributed by atoms with E-state index in [4.69, 9.17) is 11.6 Å². The van der Waals surface area contributed by atoms with Crippen LogP contribution in [-0.2, 0) is 9.59 Å². The highest BCUT2D eigenvalue weighted by Crippen LogP contribution is 2.21. The molecule has 25 heavy (non-hydrogen) atoms. The molecule has 1 aromatic rings. The molecule has 0 bridgehead atoms. The van der Waals surface area contributed by atoms with Crippen molar-refractivity contribution in [2.24, 2.45) is 0 Å². The van der Waals surface area contributed by atoms with E-state index in [1.807, 2.05) is 19.1 Å². The number of anilines is 1. The molecule has 0 unspecified atom stereocenters. The summed E-state index contributed by atoms with van der Waals surface area (Å²) >= 11 is 6.07. The SMILES string of the molecule is CC(=O)N(CCC(=O)Nc1ccc(C)c(Cl)c1)CCC1=CCCCC1. The Labute approximate surface area is 155 Å². The van der Waals surface area contributed by atoms with Gasteiger partial charge in [0.15, 0.2) is 0 Å². The number of hydrogen-bond acceptors (Lipinski definition) is 2. The van der Waals surface area contributed by atoms with Crippen LogP contribution >= 0.6 is 11.6 Å². The number of carbonyl (C=O) groups is 2. The van der Waals surface area contributed by atoms with Gasteiger partial charge in [-0.3, -0.25) is 9.59 Å². The van der Waals surface area contributed by atoms with E-state index in [0.717, 1.165) is 24.8 Å². The van der Waals surface area contributed by atoms with Crippen LogP contribution in [0.25, 0.3) is 0 Å². The number of rotatable bonds is 7. The van der Waals surface area contributed by atoms with Crippen LogP contribution in [0.5, 0.6) is 0 Å². The van der Waals surface area contributed by atoms with Crippen LogP contribution in [0.2, 0.25) is 5.02 Å². The number of amides is 2. The minimum atomic E-state index is -0.108. The summed E-state index contributed by atoms with van der Waals surface area (Å²) in [6.07, 6.45) is 8.29. The standard InChI is InChI=1S/C20H27ClN2O2/c1-15-8-9-18(14-19(15)21)22-20(25)11-13-23(16(2)24)12-10-17-6-4-3-5-7-17/h6,8-9,14H,3-5,7,10-13H2,1-2H3,(H,22,25). The topological polar surface area (TPSA) is 49.4 Å². The molecule has 1 aliphatic carbocycles. The first-order chi connectivity index (χ1) is 12.0. The van der Waals surface area contributed by atoms with E-state index in [0.29, 0.717) is 23.8 Å². The zero-order valence-electron chi connectivity index (χ0n) is 15.1. The average Bonchev–Trinajstić information content (AvgIpc) is 2.58. The average molecular weight is 363 g/mol. The predicted molar refractivity (Wildman–Crippen MR) is 103 cm³/mol. The van der Waals surface area contributed by atoms with Crippen molar-refractivity contribution >= 4 is 29.1 Å². The van der Waals surface area contributed by atoms with Gasteiger partial charge in [-0.25, -0.2) is 0 Å². The van der Waals surface area contributed by atoms with Crippen molar-refractivity contribution in [3.63, 3.8) is 0 Å². The lowest BCUT2D eigenvalue weighted by Crippen LogP contribution is -2.33. The van der Waals surface area contributed by atoms with Crippen molar-refractivity contribution in [1.29, 1.82) is 0 Å². The largest absolute Gasteiger partial charge is 0.342 e. The Bertz CT molecular complexity index is 655. The van der Waals surface area contributed by atoms with E-state index in [-0.39, 0.29) is 18.2 Å². The van der Waals surface area contributed by atoms with Crippen LogP contribution in [-0.4, -0.2) is 29.8 Å². The Kier molecular flexibility index (Phi) is 7.51. The molecule has 1 N–H and O–H groups in total. The number of benzene rings is 1. The second-order valence-corrected chi connectivity index (χ2v) is 7.03. The highest BCUT2D eigenvalue weighted by atomic mass is 35.5. The molecule has 1 aliphatic rings. The van der Waals surface area contributed by atoms with Gasteiger partial charge in [-0.15, -0.1) is 0 Å². The number of allylic oxidation sites excluding steroid dienone is 1. The van der Waals surface area contributed by atoms with Crippen molar-refractivity contribution in [2.45, 2.75) is 52.4 Å². The smallest absolute Gasteiger partial charge is 0.226 e. The molecule has 0 heterocycles. The van der Waals surface area contributed by atoms with Gasteiger partial charge in [0, 0.05) is 37.1 Å². The predicted octanol–water partition coefficient (Wildman–Crippen LogP) is 4.72. The van der Waals surface area contributed by atoms with E-state index in [1.165, 1.54) is 18.4 Å². The zero-order chi connectivity index (χ0) is 18.2. The number of nitrogens with zero attached hydrogens (tertiary/aromatic N) is 1. The fourth-order valence-corrected chi connectivity index (χ4v) is 3.15. The summed E-state index contributed by atoms with van der Waals surface area (Å²) < 4.78 is 0. The Morgan fingerprint density at radius 1 is 1.24 bits per heavy atom. The fraction of sp³-hybridized carbons (Fsp3) is 0.500. The van der Waals surface area contributed by atoms with Gasteiger partial charge in [-0.2, -0.15) is 0 Å². The maximum atomic E-state index is 12.1. The second-order valence-electron chi connectivity index (χ2n) is 6.63. The van der Waals surface area contributed by atoms with Crippen molar-refractivity contribution in [3.05, 3.63) is 40.4 Å². The third-order valence-corrected chi connectivity index (χ3v) is 5.00. The van der Waals surface area contributed by atoms with Crippen LogP contribution in [0.1, 0.15) is 51.0 Å². The zero-order valence-corrected chi connectivity index (χ0v) is 15.9. The lowest BCUT2D eigenvalue weighted by Gasteiger charge is -2.22. The fourth-order valence-electron chi connectivity index (χ4n) is 2.97. The minimum Gasteiger partial charge on any atom is -0.342 e. The summed E-state index contributed by atoms with van der Waals surface area (Å²) in [5, 5.41) is 3.47. The molecular formula is C20H27ClN2O2. The summed E-state index contributed by atoms with van der Waals surface area (Å²) in [4.78, 5) is 25.7. The molecule has 0 atom stereocenters. The molecule has 2 amide bonds. The maximum absolute atomic E-state index is 12.1. The van der Waals surface area contributed by atoms with Crippen molar-refractivity contribution in [2.75, 3.05) is 18.4 Å². The maximum Gasteiger partial charge on any atom is 0.226 e. The Morgan fingerprint density at radius 3 is 2.68 bits per heavy atom. The van der Waals surface area contributed by atoms with E-state index in [1.54, 1.807) is 17.9 Å². The Morgan fingerprint density at radius 2 is 2.04 bits per heavy atom.